The van der Waals surface area contributed by atoms with Crippen LogP contribution in [0.25, 0.3) is 0 Å². The molecule has 11 atom stereocenters. The minimum Gasteiger partial charge on any atom is -0.374 e. The van der Waals surface area contributed by atoms with Gasteiger partial charge >= 0.3 is 0 Å². The van der Waals surface area contributed by atoms with Gasteiger partial charge in [0.05, 0.1) is 20.9 Å². The largest absolute Gasteiger partial charge is 0.374 e. The molecular weight excluding hydrogens is 533 g/mol. The Kier molecular flexibility index (Phi) is 7.13. The van der Waals surface area contributed by atoms with Gasteiger partial charge in [0.25, 0.3) is 0 Å². The molecule has 11 unspecified atom stereocenters. The molecule has 6 heteroatoms. The first-order valence-electron chi connectivity index (χ1n) is 15.4. The van der Waals surface area contributed by atoms with Crippen molar-refractivity contribution in [2.75, 3.05) is 23.0 Å². The number of hydrogen-bond donors (Lipinski definition) is 0. The topological polar surface area (TPSA) is 26.3 Å². The zero-order chi connectivity index (χ0) is 25.6. The van der Waals surface area contributed by atoms with Crippen LogP contribution in [0.1, 0.15) is 85.5 Å². The molecule has 2 nitrogen and oxygen atoms in total. The van der Waals surface area contributed by atoms with E-state index in [1.165, 1.54) is 61.5 Å². The summed E-state index contributed by atoms with van der Waals surface area (Å²) in [6.45, 7) is 10.5. The third kappa shape index (κ3) is 3.97. The van der Waals surface area contributed by atoms with Crippen molar-refractivity contribution in [1.82, 2.24) is 0 Å². The van der Waals surface area contributed by atoms with Gasteiger partial charge in [-0.1, -0.05) is 27.7 Å². The number of fused-ring (bicyclic) bond motifs is 8. The van der Waals surface area contributed by atoms with E-state index in [1.807, 2.05) is 0 Å². The highest BCUT2D eigenvalue weighted by atomic mass is 32.2. The summed E-state index contributed by atoms with van der Waals surface area (Å²) in [5.74, 6) is 11.2. The van der Waals surface area contributed by atoms with Crippen molar-refractivity contribution in [1.29, 1.82) is 0 Å². The molecule has 4 aliphatic carbocycles. The second-order valence-electron chi connectivity index (χ2n) is 14.3. The molecule has 7 fully saturated rings. The molecule has 0 aromatic rings. The SMILES string of the molecule is CC(CCC1OC2CC3C4CCC5CC(=O)CCC5(C)C4CC4(SCCS4)C3(C)C2C1C)C1SCCS1. The zero-order valence-electron chi connectivity index (χ0n) is 23.4. The smallest absolute Gasteiger partial charge is 0.133 e. The van der Waals surface area contributed by atoms with Gasteiger partial charge in [-0.2, -0.15) is 0 Å². The summed E-state index contributed by atoms with van der Waals surface area (Å²) in [6.07, 6.45) is 11.8. The van der Waals surface area contributed by atoms with E-state index >= 15 is 0 Å². The molecule has 3 heterocycles. The van der Waals surface area contributed by atoms with Crippen LogP contribution in [0.5, 0.6) is 0 Å². The summed E-state index contributed by atoms with van der Waals surface area (Å²) < 4.78 is 8.30. The van der Waals surface area contributed by atoms with Crippen molar-refractivity contribution < 1.29 is 9.53 Å². The molecule has 208 valence electrons. The molecule has 37 heavy (non-hydrogen) atoms. The second kappa shape index (κ2) is 9.80. The van der Waals surface area contributed by atoms with E-state index in [-0.39, 0.29) is 0 Å². The van der Waals surface area contributed by atoms with Gasteiger partial charge in [-0.25, -0.2) is 0 Å². The minimum absolute atomic E-state index is 0.363. The average molecular weight is 581 g/mol. The van der Waals surface area contributed by atoms with Crippen LogP contribution in [-0.4, -0.2) is 49.7 Å². The van der Waals surface area contributed by atoms with Gasteiger partial charge in [-0.05, 0) is 91.8 Å². The van der Waals surface area contributed by atoms with E-state index in [0.29, 0.717) is 44.7 Å². The number of ether oxygens (including phenoxy) is 1. The lowest BCUT2D eigenvalue weighted by molar-refractivity contribution is -0.141. The Hall–Kier alpha value is 1.03. The maximum Gasteiger partial charge on any atom is 0.133 e. The van der Waals surface area contributed by atoms with Gasteiger partial charge in [0.2, 0.25) is 0 Å². The van der Waals surface area contributed by atoms with Gasteiger partial charge in [0.1, 0.15) is 5.78 Å². The van der Waals surface area contributed by atoms with E-state index in [0.717, 1.165) is 53.4 Å². The second-order valence-corrected chi connectivity index (χ2v) is 20.2. The van der Waals surface area contributed by atoms with Gasteiger partial charge in [0.15, 0.2) is 0 Å². The molecule has 0 bridgehead atoms. The van der Waals surface area contributed by atoms with E-state index in [1.54, 1.807) is 0 Å². The normalized spacial score (nSPS) is 51.6. The molecule has 0 radical (unpaired) electrons. The monoisotopic (exact) mass is 580 g/mol. The number of carbonyl (C=O) groups excluding carboxylic acids is 1. The fraction of sp³-hybridized carbons (Fsp3) is 0.968. The fourth-order valence-corrected chi connectivity index (χ4v) is 18.2. The molecule has 0 N–H and O–H groups in total. The molecule has 7 aliphatic rings. The number of rotatable bonds is 4. The van der Waals surface area contributed by atoms with Gasteiger partial charge in [-0.15, -0.1) is 47.0 Å². The Balaban J connectivity index is 1.15. The van der Waals surface area contributed by atoms with Crippen LogP contribution < -0.4 is 0 Å². The van der Waals surface area contributed by atoms with E-state index < -0.39 is 0 Å². The van der Waals surface area contributed by atoms with Gasteiger partial charge in [0, 0.05) is 41.3 Å². The van der Waals surface area contributed by atoms with Crippen LogP contribution in [0.4, 0.5) is 0 Å². The maximum atomic E-state index is 12.4. The van der Waals surface area contributed by atoms with E-state index in [2.05, 4.69) is 74.7 Å². The van der Waals surface area contributed by atoms with Crippen LogP contribution in [0, 0.1) is 52.3 Å². The minimum atomic E-state index is 0.363. The summed E-state index contributed by atoms with van der Waals surface area (Å²) in [7, 11) is 0. The summed E-state index contributed by atoms with van der Waals surface area (Å²) in [4.78, 5) is 12.4. The van der Waals surface area contributed by atoms with E-state index in [9.17, 15) is 4.79 Å². The van der Waals surface area contributed by atoms with Crippen LogP contribution in [0.2, 0.25) is 0 Å². The Morgan fingerprint density at radius 1 is 1.05 bits per heavy atom. The summed E-state index contributed by atoms with van der Waals surface area (Å²) in [6, 6.07) is 0. The molecule has 0 amide bonds. The first-order chi connectivity index (χ1) is 17.8. The summed E-state index contributed by atoms with van der Waals surface area (Å²) >= 11 is 9.10. The third-order valence-electron chi connectivity index (χ3n) is 13.0. The highest BCUT2D eigenvalue weighted by Gasteiger charge is 2.74. The Labute approximate surface area is 242 Å². The molecule has 0 aromatic heterocycles. The first-order valence-corrected chi connectivity index (χ1v) is 19.5. The maximum absolute atomic E-state index is 12.4. The molecular formula is C31H48O2S4. The summed E-state index contributed by atoms with van der Waals surface area (Å²) in [5, 5.41) is 0. The number of hydrogen-bond acceptors (Lipinski definition) is 6. The standard InChI is InChI=1S/C31H48O2S4/c1-18(28-34-11-12-35-28)5-8-25-19(2)27-26(33-25)16-23-22-7-6-20-15-21(32)9-10-29(20,3)24(22)17-31(30(23,27)4)36-13-14-37-31/h18-20,22-28H,5-17H2,1-4H3. The molecule has 3 saturated heterocycles. The van der Waals surface area contributed by atoms with Crippen molar-refractivity contribution in [3.63, 3.8) is 0 Å². The zero-order valence-corrected chi connectivity index (χ0v) is 26.7. The average Bonchev–Trinajstić information content (AvgIpc) is 3.66. The van der Waals surface area contributed by atoms with Crippen LogP contribution in [-0.2, 0) is 9.53 Å². The Morgan fingerprint density at radius 3 is 2.57 bits per heavy atom. The lowest BCUT2D eigenvalue weighted by Gasteiger charge is -2.65. The Bertz CT molecular complexity index is 900. The molecule has 4 saturated carbocycles. The van der Waals surface area contributed by atoms with Crippen molar-refractivity contribution in [2.45, 2.75) is 106 Å². The first kappa shape index (κ1) is 26.9. The molecule has 7 rings (SSSR count). The Morgan fingerprint density at radius 2 is 1.81 bits per heavy atom. The number of Topliss-reactive ketones (excluding diaryl/α,β-unsaturated/α-hetero) is 1. The fourth-order valence-electron chi connectivity index (χ4n) is 11.1. The van der Waals surface area contributed by atoms with E-state index in [4.69, 9.17) is 4.74 Å². The van der Waals surface area contributed by atoms with Crippen LogP contribution >= 0.6 is 47.0 Å². The van der Waals surface area contributed by atoms with Crippen LogP contribution in [0.15, 0.2) is 0 Å². The third-order valence-corrected chi connectivity index (χ3v) is 20.5. The number of ketones is 1. The highest BCUT2D eigenvalue weighted by molar-refractivity contribution is 8.21. The van der Waals surface area contributed by atoms with Crippen molar-refractivity contribution in [2.24, 2.45) is 52.3 Å². The molecule has 3 aliphatic heterocycles. The molecule has 0 aromatic carbocycles. The van der Waals surface area contributed by atoms with Crippen molar-refractivity contribution in [3.05, 3.63) is 0 Å². The van der Waals surface area contributed by atoms with Crippen molar-refractivity contribution >= 4 is 52.8 Å². The summed E-state index contributed by atoms with van der Waals surface area (Å²) in [5.41, 5.74) is 0.767. The number of carbonyl (C=O) groups is 1. The van der Waals surface area contributed by atoms with Crippen LogP contribution in [0.3, 0.4) is 0 Å². The molecule has 1 spiro atoms. The predicted molar refractivity (Wildman–Crippen MR) is 164 cm³/mol. The quantitative estimate of drug-likeness (QED) is 0.332. The highest BCUT2D eigenvalue weighted by Crippen LogP contribution is 2.78. The predicted octanol–water partition coefficient (Wildman–Crippen LogP) is 8.24. The number of thioether (sulfide) groups is 4. The lowest BCUT2D eigenvalue weighted by atomic mass is 9.44. The van der Waals surface area contributed by atoms with Gasteiger partial charge in [-0.3, -0.25) is 4.79 Å². The van der Waals surface area contributed by atoms with Crippen molar-refractivity contribution in [3.8, 4) is 0 Å². The van der Waals surface area contributed by atoms with Gasteiger partial charge < -0.3 is 4.74 Å². The lowest BCUT2D eigenvalue weighted by Crippen LogP contribution is -2.61.